The predicted molar refractivity (Wildman–Crippen MR) is 64.3 cm³/mol. The molecule has 2 nitrogen and oxygen atoms in total. The normalized spacial score (nSPS) is 35.8. The second-order valence-corrected chi connectivity index (χ2v) is 5.17. The van der Waals surface area contributed by atoms with E-state index >= 15 is 0 Å². The maximum Gasteiger partial charge on any atom is 0.119 e. The molecule has 2 unspecified atom stereocenters. The van der Waals surface area contributed by atoms with Gasteiger partial charge in [0.25, 0.3) is 0 Å². The van der Waals surface area contributed by atoms with Gasteiger partial charge in [0, 0.05) is 5.54 Å². The predicted octanol–water partition coefficient (Wildman–Crippen LogP) is 2.58. The molecule has 0 saturated heterocycles. The number of fused-ring (bicyclic) bond motifs is 1. The highest BCUT2D eigenvalue weighted by molar-refractivity contribution is 5.22. The van der Waals surface area contributed by atoms with Crippen molar-refractivity contribution in [1.29, 1.82) is 0 Å². The number of hydrogen-bond donors (Lipinski definition) is 1. The van der Waals surface area contributed by atoms with Gasteiger partial charge in [0.1, 0.15) is 5.75 Å². The maximum atomic E-state index is 6.38. The topological polar surface area (TPSA) is 35.2 Å². The average Bonchev–Trinajstić information content (AvgIpc) is 2.71. The molecule has 0 aromatic heterocycles. The van der Waals surface area contributed by atoms with E-state index in [0.29, 0.717) is 0 Å². The van der Waals surface area contributed by atoms with E-state index in [1.165, 1.54) is 19.3 Å². The molecule has 1 aromatic rings. The van der Waals surface area contributed by atoms with Gasteiger partial charge >= 0.3 is 0 Å². The second-order valence-electron chi connectivity index (χ2n) is 5.17. The summed E-state index contributed by atoms with van der Waals surface area (Å²) in [4.78, 5) is 0. The van der Waals surface area contributed by atoms with Gasteiger partial charge in [-0.25, -0.2) is 0 Å². The van der Waals surface area contributed by atoms with Crippen LogP contribution in [0.25, 0.3) is 0 Å². The van der Waals surface area contributed by atoms with Crippen LogP contribution in [-0.4, -0.2) is 12.1 Å². The lowest BCUT2D eigenvalue weighted by atomic mass is 10.0. The van der Waals surface area contributed by atoms with Crippen molar-refractivity contribution in [3.63, 3.8) is 0 Å². The van der Waals surface area contributed by atoms with Crippen molar-refractivity contribution in [3.05, 3.63) is 30.3 Å². The zero-order valence-corrected chi connectivity index (χ0v) is 9.56. The van der Waals surface area contributed by atoms with E-state index < -0.39 is 0 Å². The average molecular weight is 217 g/mol. The molecule has 2 saturated carbocycles. The SMILES string of the molecule is NC1(CCOc2ccccc2)C2CCCC21. The minimum atomic E-state index is 0.118. The molecule has 0 aliphatic heterocycles. The summed E-state index contributed by atoms with van der Waals surface area (Å²) in [5, 5.41) is 0. The van der Waals surface area contributed by atoms with Crippen molar-refractivity contribution in [2.45, 2.75) is 31.2 Å². The third kappa shape index (κ3) is 1.61. The van der Waals surface area contributed by atoms with Gasteiger partial charge in [-0.3, -0.25) is 0 Å². The molecule has 0 radical (unpaired) electrons. The van der Waals surface area contributed by atoms with Gasteiger partial charge in [0.15, 0.2) is 0 Å². The first-order chi connectivity index (χ1) is 7.81. The Morgan fingerprint density at radius 2 is 1.88 bits per heavy atom. The molecule has 16 heavy (non-hydrogen) atoms. The number of nitrogens with two attached hydrogens (primary N) is 1. The molecule has 0 spiro atoms. The van der Waals surface area contributed by atoms with Gasteiger partial charge in [0.2, 0.25) is 0 Å². The first-order valence-corrected chi connectivity index (χ1v) is 6.27. The van der Waals surface area contributed by atoms with Crippen molar-refractivity contribution in [3.8, 4) is 5.75 Å². The number of ether oxygens (including phenoxy) is 1. The third-order valence-electron chi connectivity index (χ3n) is 4.33. The highest BCUT2D eigenvalue weighted by Gasteiger charge is 2.62. The Hall–Kier alpha value is -1.02. The first kappa shape index (κ1) is 10.2. The van der Waals surface area contributed by atoms with Crippen molar-refractivity contribution >= 4 is 0 Å². The van der Waals surface area contributed by atoms with Crippen LogP contribution >= 0.6 is 0 Å². The molecule has 0 heterocycles. The number of hydrogen-bond acceptors (Lipinski definition) is 2. The minimum absolute atomic E-state index is 0.118. The summed E-state index contributed by atoms with van der Waals surface area (Å²) >= 11 is 0. The van der Waals surface area contributed by atoms with Crippen LogP contribution in [0, 0.1) is 11.8 Å². The quantitative estimate of drug-likeness (QED) is 0.841. The highest BCUT2D eigenvalue weighted by atomic mass is 16.5. The van der Waals surface area contributed by atoms with Crippen LogP contribution in [0.5, 0.6) is 5.75 Å². The van der Waals surface area contributed by atoms with E-state index in [2.05, 4.69) is 0 Å². The molecular weight excluding hydrogens is 198 g/mol. The van der Waals surface area contributed by atoms with E-state index in [-0.39, 0.29) is 5.54 Å². The molecule has 0 amide bonds. The lowest BCUT2D eigenvalue weighted by Gasteiger charge is -2.15. The molecule has 2 N–H and O–H groups in total. The van der Waals surface area contributed by atoms with E-state index in [0.717, 1.165) is 30.6 Å². The van der Waals surface area contributed by atoms with Crippen LogP contribution in [0.1, 0.15) is 25.7 Å². The van der Waals surface area contributed by atoms with Gasteiger partial charge in [-0.15, -0.1) is 0 Å². The zero-order valence-electron chi connectivity index (χ0n) is 9.56. The maximum absolute atomic E-state index is 6.38. The standard InChI is InChI=1S/C14H19NO/c15-14(12-7-4-8-13(12)14)9-10-16-11-5-2-1-3-6-11/h1-3,5-6,12-13H,4,7-10,15H2. The molecule has 86 valence electrons. The lowest BCUT2D eigenvalue weighted by Crippen LogP contribution is -2.30. The summed E-state index contributed by atoms with van der Waals surface area (Å²) in [5.41, 5.74) is 6.50. The van der Waals surface area contributed by atoms with E-state index in [9.17, 15) is 0 Å². The second kappa shape index (κ2) is 3.77. The van der Waals surface area contributed by atoms with E-state index in [1.807, 2.05) is 30.3 Å². The Balaban J connectivity index is 1.48. The Bertz CT molecular complexity index is 352. The van der Waals surface area contributed by atoms with Crippen molar-refractivity contribution in [1.82, 2.24) is 0 Å². The van der Waals surface area contributed by atoms with Crippen LogP contribution < -0.4 is 10.5 Å². The fraction of sp³-hybridized carbons (Fsp3) is 0.571. The molecule has 2 fully saturated rings. The summed E-state index contributed by atoms with van der Waals surface area (Å²) in [7, 11) is 0. The monoisotopic (exact) mass is 217 g/mol. The highest BCUT2D eigenvalue weighted by Crippen LogP contribution is 2.60. The fourth-order valence-electron chi connectivity index (χ4n) is 3.36. The molecular formula is C14H19NO. The smallest absolute Gasteiger partial charge is 0.119 e. The summed E-state index contributed by atoms with van der Waals surface area (Å²) in [5.74, 6) is 2.55. The largest absolute Gasteiger partial charge is 0.494 e. The summed E-state index contributed by atoms with van der Waals surface area (Å²) in [6.45, 7) is 0.757. The van der Waals surface area contributed by atoms with E-state index in [4.69, 9.17) is 10.5 Å². The van der Waals surface area contributed by atoms with Crippen LogP contribution in [-0.2, 0) is 0 Å². The van der Waals surface area contributed by atoms with Gasteiger partial charge in [-0.05, 0) is 43.2 Å². The Labute approximate surface area is 96.8 Å². The zero-order chi connectivity index (χ0) is 11.0. The summed E-state index contributed by atoms with van der Waals surface area (Å²) in [6, 6.07) is 10.00. The van der Waals surface area contributed by atoms with Crippen LogP contribution in [0.3, 0.4) is 0 Å². The van der Waals surface area contributed by atoms with Crippen molar-refractivity contribution in [2.75, 3.05) is 6.61 Å². The minimum Gasteiger partial charge on any atom is -0.494 e. The van der Waals surface area contributed by atoms with Gasteiger partial charge < -0.3 is 10.5 Å². The van der Waals surface area contributed by atoms with Gasteiger partial charge in [0.05, 0.1) is 6.61 Å². The third-order valence-corrected chi connectivity index (χ3v) is 4.33. The van der Waals surface area contributed by atoms with Gasteiger partial charge in [-0.1, -0.05) is 24.6 Å². The molecule has 0 bridgehead atoms. The van der Waals surface area contributed by atoms with Crippen molar-refractivity contribution in [2.24, 2.45) is 17.6 Å². The van der Waals surface area contributed by atoms with Crippen LogP contribution in [0.4, 0.5) is 0 Å². The summed E-state index contributed by atoms with van der Waals surface area (Å²) in [6.07, 6.45) is 5.07. The summed E-state index contributed by atoms with van der Waals surface area (Å²) < 4.78 is 5.71. The molecule has 2 heteroatoms. The van der Waals surface area contributed by atoms with Crippen LogP contribution in [0.2, 0.25) is 0 Å². The molecule has 2 aliphatic carbocycles. The molecule has 1 aromatic carbocycles. The van der Waals surface area contributed by atoms with E-state index in [1.54, 1.807) is 0 Å². The molecule has 2 atom stereocenters. The lowest BCUT2D eigenvalue weighted by molar-refractivity contribution is 0.279. The Morgan fingerprint density at radius 1 is 1.19 bits per heavy atom. The molecule has 2 aliphatic rings. The fourth-order valence-corrected chi connectivity index (χ4v) is 3.36. The number of benzene rings is 1. The number of rotatable bonds is 4. The molecule has 3 rings (SSSR count). The Kier molecular flexibility index (Phi) is 2.40. The van der Waals surface area contributed by atoms with Gasteiger partial charge in [-0.2, -0.15) is 0 Å². The number of para-hydroxylation sites is 1. The Morgan fingerprint density at radius 3 is 2.56 bits per heavy atom. The first-order valence-electron chi connectivity index (χ1n) is 6.27. The van der Waals surface area contributed by atoms with Crippen molar-refractivity contribution < 1.29 is 4.74 Å². The van der Waals surface area contributed by atoms with Crippen LogP contribution in [0.15, 0.2) is 30.3 Å².